The SMILES string of the molecule is COc1ccc(C(C)=O)cc1COCC1CCCCO1. The van der Waals surface area contributed by atoms with Crippen LogP contribution in [-0.4, -0.2) is 32.2 Å². The van der Waals surface area contributed by atoms with Crippen molar-refractivity contribution >= 4 is 5.78 Å². The Labute approximate surface area is 120 Å². The third-order valence-electron chi connectivity index (χ3n) is 3.52. The van der Waals surface area contributed by atoms with Gasteiger partial charge >= 0.3 is 0 Å². The van der Waals surface area contributed by atoms with Gasteiger partial charge in [-0.05, 0) is 44.4 Å². The molecule has 0 radical (unpaired) electrons. The van der Waals surface area contributed by atoms with Gasteiger partial charge in [0.15, 0.2) is 5.78 Å². The van der Waals surface area contributed by atoms with Crippen molar-refractivity contribution in [2.45, 2.75) is 38.9 Å². The zero-order chi connectivity index (χ0) is 14.4. The molecule has 1 atom stereocenters. The van der Waals surface area contributed by atoms with Crippen LogP contribution in [0, 0.1) is 0 Å². The minimum Gasteiger partial charge on any atom is -0.496 e. The molecule has 1 aliphatic heterocycles. The van der Waals surface area contributed by atoms with Crippen LogP contribution in [0.4, 0.5) is 0 Å². The number of rotatable bonds is 6. The molecule has 0 bridgehead atoms. The number of carbonyl (C=O) groups excluding carboxylic acids is 1. The van der Waals surface area contributed by atoms with Gasteiger partial charge in [-0.3, -0.25) is 4.79 Å². The Hall–Kier alpha value is -1.39. The van der Waals surface area contributed by atoms with Gasteiger partial charge in [0.1, 0.15) is 5.75 Å². The molecule has 0 spiro atoms. The highest BCUT2D eigenvalue weighted by Crippen LogP contribution is 2.22. The van der Waals surface area contributed by atoms with Crippen molar-refractivity contribution in [2.24, 2.45) is 0 Å². The first-order valence-electron chi connectivity index (χ1n) is 7.08. The van der Waals surface area contributed by atoms with Crippen LogP contribution >= 0.6 is 0 Å². The van der Waals surface area contributed by atoms with Gasteiger partial charge in [-0.25, -0.2) is 0 Å². The van der Waals surface area contributed by atoms with Crippen molar-refractivity contribution in [3.8, 4) is 5.75 Å². The lowest BCUT2D eigenvalue weighted by Crippen LogP contribution is -2.24. The highest BCUT2D eigenvalue weighted by Gasteiger charge is 2.14. The molecule has 1 aromatic rings. The number of ether oxygens (including phenoxy) is 3. The van der Waals surface area contributed by atoms with Crippen LogP contribution in [0.15, 0.2) is 18.2 Å². The van der Waals surface area contributed by atoms with Crippen molar-refractivity contribution < 1.29 is 19.0 Å². The summed E-state index contributed by atoms with van der Waals surface area (Å²) < 4.78 is 16.6. The molecule has 0 aliphatic carbocycles. The highest BCUT2D eigenvalue weighted by molar-refractivity contribution is 5.94. The van der Waals surface area contributed by atoms with Crippen LogP contribution in [-0.2, 0) is 16.1 Å². The summed E-state index contributed by atoms with van der Waals surface area (Å²) in [6.07, 6.45) is 3.61. The van der Waals surface area contributed by atoms with Gasteiger partial charge in [-0.15, -0.1) is 0 Å². The van der Waals surface area contributed by atoms with Crippen LogP contribution in [0.5, 0.6) is 5.75 Å². The maximum absolute atomic E-state index is 11.4. The van der Waals surface area contributed by atoms with Gasteiger partial charge in [0.05, 0.1) is 26.4 Å². The molecular weight excluding hydrogens is 256 g/mol. The Kier molecular flexibility index (Phi) is 5.56. The van der Waals surface area contributed by atoms with E-state index in [2.05, 4.69) is 0 Å². The topological polar surface area (TPSA) is 44.8 Å². The average Bonchev–Trinajstić information content (AvgIpc) is 2.48. The number of benzene rings is 1. The molecule has 110 valence electrons. The van der Waals surface area contributed by atoms with Crippen molar-refractivity contribution in [2.75, 3.05) is 20.3 Å². The first-order chi connectivity index (χ1) is 9.70. The standard InChI is InChI=1S/C16H22O4/c1-12(17)13-6-7-16(18-2)14(9-13)10-19-11-15-5-3-4-8-20-15/h6-7,9,15H,3-5,8,10-11H2,1-2H3. The second-order valence-electron chi connectivity index (χ2n) is 5.09. The summed E-state index contributed by atoms with van der Waals surface area (Å²) in [5.41, 5.74) is 1.58. The summed E-state index contributed by atoms with van der Waals surface area (Å²) >= 11 is 0. The van der Waals surface area contributed by atoms with E-state index >= 15 is 0 Å². The van der Waals surface area contributed by atoms with E-state index in [1.54, 1.807) is 20.1 Å². The zero-order valence-electron chi connectivity index (χ0n) is 12.2. The molecule has 1 unspecified atom stereocenters. The molecule has 1 fully saturated rings. The van der Waals surface area contributed by atoms with Gasteiger partial charge in [0.2, 0.25) is 0 Å². The Balaban J connectivity index is 1.93. The molecule has 20 heavy (non-hydrogen) atoms. The summed E-state index contributed by atoms with van der Waals surface area (Å²) in [6, 6.07) is 5.42. The van der Waals surface area contributed by atoms with Crippen molar-refractivity contribution in [1.29, 1.82) is 0 Å². The number of carbonyl (C=O) groups is 1. The maximum Gasteiger partial charge on any atom is 0.159 e. The van der Waals surface area contributed by atoms with E-state index in [0.717, 1.165) is 30.8 Å². The Morgan fingerprint density at radius 3 is 2.90 bits per heavy atom. The lowest BCUT2D eigenvalue weighted by Gasteiger charge is -2.22. The fraction of sp³-hybridized carbons (Fsp3) is 0.562. The zero-order valence-corrected chi connectivity index (χ0v) is 12.2. The average molecular weight is 278 g/mol. The minimum absolute atomic E-state index is 0.0458. The van der Waals surface area contributed by atoms with Gasteiger partial charge < -0.3 is 14.2 Å². The molecule has 2 rings (SSSR count). The van der Waals surface area contributed by atoms with Crippen molar-refractivity contribution in [3.05, 3.63) is 29.3 Å². The number of methoxy groups -OCH3 is 1. The van der Waals surface area contributed by atoms with Gasteiger partial charge in [0.25, 0.3) is 0 Å². The molecule has 4 nitrogen and oxygen atoms in total. The Morgan fingerprint density at radius 1 is 1.40 bits per heavy atom. The molecule has 1 aliphatic rings. The fourth-order valence-corrected chi connectivity index (χ4v) is 2.35. The third-order valence-corrected chi connectivity index (χ3v) is 3.52. The van der Waals surface area contributed by atoms with Crippen LogP contribution in [0.1, 0.15) is 42.1 Å². The number of hydrogen-bond donors (Lipinski definition) is 0. The van der Waals surface area contributed by atoms with Crippen LogP contribution in [0.3, 0.4) is 0 Å². The van der Waals surface area contributed by atoms with E-state index in [4.69, 9.17) is 14.2 Å². The lowest BCUT2D eigenvalue weighted by atomic mass is 10.1. The van der Waals surface area contributed by atoms with Crippen LogP contribution in [0.25, 0.3) is 0 Å². The number of hydrogen-bond acceptors (Lipinski definition) is 4. The highest BCUT2D eigenvalue weighted by atomic mass is 16.5. The smallest absolute Gasteiger partial charge is 0.159 e. The van der Waals surface area contributed by atoms with Crippen molar-refractivity contribution in [1.82, 2.24) is 0 Å². The molecule has 0 N–H and O–H groups in total. The van der Waals surface area contributed by atoms with E-state index in [1.807, 2.05) is 12.1 Å². The molecule has 1 aromatic carbocycles. The van der Waals surface area contributed by atoms with Gasteiger partial charge in [0, 0.05) is 17.7 Å². The molecule has 0 amide bonds. The second kappa shape index (κ2) is 7.41. The first kappa shape index (κ1) is 15.0. The Morgan fingerprint density at radius 2 is 2.25 bits per heavy atom. The molecule has 0 saturated carbocycles. The number of Topliss-reactive ketones (excluding diaryl/α,β-unsaturated/α-hetero) is 1. The minimum atomic E-state index is 0.0458. The summed E-state index contributed by atoms with van der Waals surface area (Å²) in [6.45, 7) is 3.41. The normalized spacial score (nSPS) is 18.8. The predicted octanol–water partition coefficient (Wildman–Crippen LogP) is 2.98. The summed E-state index contributed by atoms with van der Waals surface area (Å²) in [7, 11) is 1.62. The van der Waals surface area contributed by atoms with E-state index in [-0.39, 0.29) is 11.9 Å². The largest absolute Gasteiger partial charge is 0.496 e. The van der Waals surface area contributed by atoms with Gasteiger partial charge in [-0.2, -0.15) is 0 Å². The van der Waals surface area contributed by atoms with E-state index in [9.17, 15) is 4.79 Å². The monoisotopic (exact) mass is 278 g/mol. The second-order valence-corrected chi connectivity index (χ2v) is 5.09. The van der Waals surface area contributed by atoms with E-state index in [0.29, 0.717) is 18.8 Å². The molecular formula is C16H22O4. The van der Waals surface area contributed by atoms with Crippen LogP contribution < -0.4 is 4.74 Å². The molecule has 1 saturated heterocycles. The van der Waals surface area contributed by atoms with Crippen LogP contribution in [0.2, 0.25) is 0 Å². The predicted molar refractivity (Wildman–Crippen MR) is 76.2 cm³/mol. The maximum atomic E-state index is 11.4. The Bertz CT molecular complexity index is 450. The fourth-order valence-electron chi connectivity index (χ4n) is 2.35. The van der Waals surface area contributed by atoms with Crippen molar-refractivity contribution in [3.63, 3.8) is 0 Å². The van der Waals surface area contributed by atoms with E-state index in [1.165, 1.54) is 6.42 Å². The summed E-state index contributed by atoms with van der Waals surface area (Å²) in [5.74, 6) is 0.795. The quantitative estimate of drug-likeness (QED) is 0.750. The van der Waals surface area contributed by atoms with E-state index < -0.39 is 0 Å². The molecule has 0 aromatic heterocycles. The number of ketones is 1. The molecule has 4 heteroatoms. The first-order valence-corrected chi connectivity index (χ1v) is 7.08. The third kappa shape index (κ3) is 4.05. The molecule has 1 heterocycles. The summed E-state index contributed by atoms with van der Waals surface area (Å²) in [5, 5.41) is 0. The lowest BCUT2D eigenvalue weighted by molar-refractivity contribution is -0.0449. The summed E-state index contributed by atoms with van der Waals surface area (Å²) in [4.78, 5) is 11.4. The van der Waals surface area contributed by atoms with Gasteiger partial charge in [-0.1, -0.05) is 0 Å².